The minimum atomic E-state index is -0.303. The summed E-state index contributed by atoms with van der Waals surface area (Å²) in [6.07, 6.45) is 0.310. The summed E-state index contributed by atoms with van der Waals surface area (Å²) >= 11 is 0. The molecule has 5 nitrogen and oxygen atoms in total. The molecule has 1 aromatic rings. The second-order valence-corrected chi connectivity index (χ2v) is 4.97. The number of nitrogens with two attached hydrogens (primary N) is 1. The molecule has 106 valence electrons. The summed E-state index contributed by atoms with van der Waals surface area (Å²) in [6.45, 7) is 2.73. The highest BCUT2D eigenvalue weighted by Gasteiger charge is 2.33. The van der Waals surface area contributed by atoms with Crippen LogP contribution in [0, 0.1) is 0 Å². The van der Waals surface area contributed by atoms with Gasteiger partial charge in [0.15, 0.2) is 0 Å². The first-order valence-electron chi connectivity index (χ1n) is 6.83. The molecular formula is C15H18N2O3. The van der Waals surface area contributed by atoms with E-state index in [1.54, 1.807) is 0 Å². The number of esters is 1. The Balaban J connectivity index is 1.79. The molecule has 0 radical (unpaired) electrons. The quantitative estimate of drug-likeness (QED) is 0.648. The SMILES string of the molecule is NC(=C1CC(c2ccccc2)OC1=O)N1CCOCC1. The highest BCUT2D eigenvalue weighted by atomic mass is 16.5. The molecule has 20 heavy (non-hydrogen) atoms. The van der Waals surface area contributed by atoms with E-state index in [2.05, 4.69) is 0 Å². The van der Waals surface area contributed by atoms with Crippen molar-refractivity contribution in [1.29, 1.82) is 0 Å². The Morgan fingerprint density at radius 2 is 1.90 bits per heavy atom. The lowest BCUT2D eigenvalue weighted by atomic mass is 10.0. The minimum Gasteiger partial charge on any atom is -0.454 e. The maximum Gasteiger partial charge on any atom is 0.338 e. The Labute approximate surface area is 118 Å². The molecule has 2 fully saturated rings. The summed E-state index contributed by atoms with van der Waals surface area (Å²) < 4.78 is 10.7. The number of cyclic esters (lactones) is 1. The van der Waals surface area contributed by atoms with E-state index in [1.807, 2.05) is 35.2 Å². The summed E-state index contributed by atoms with van der Waals surface area (Å²) in [5.41, 5.74) is 7.72. The van der Waals surface area contributed by atoms with Crippen LogP contribution in [0.15, 0.2) is 41.7 Å². The molecule has 1 unspecified atom stereocenters. The van der Waals surface area contributed by atoms with Gasteiger partial charge in [-0.3, -0.25) is 0 Å². The van der Waals surface area contributed by atoms with Gasteiger partial charge in [0, 0.05) is 19.5 Å². The van der Waals surface area contributed by atoms with Gasteiger partial charge in [0.05, 0.1) is 18.8 Å². The fraction of sp³-hybridized carbons (Fsp3) is 0.400. The fourth-order valence-electron chi connectivity index (χ4n) is 2.57. The van der Waals surface area contributed by atoms with Crippen LogP contribution >= 0.6 is 0 Å². The van der Waals surface area contributed by atoms with Gasteiger partial charge in [0.25, 0.3) is 0 Å². The average Bonchev–Trinajstić information content (AvgIpc) is 2.90. The molecule has 2 aliphatic rings. The molecule has 2 aliphatic heterocycles. The third-order valence-electron chi connectivity index (χ3n) is 3.72. The first-order chi connectivity index (χ1) is 9.75. The van der Waals surface area contributed by atoms with Gasteiger partial charge in [0.2, 0.25) is 0 Å². The molecule has 0 aromatic heterocycles. The zero-order valence-electron chi connectivity index (χ0n) is 11.2. The van der Waals surface area contributed by atoms with E-state index in [1.165, 1.54) is 0 Å². The summed E-state index contributed by atoms with van der Waals surface area (Å²) in [5, 5.41) is 0. The highest BCUT2D eigenvalue weighted by molar-refractivity contribution is 5.91. The van der Waals surface area contributed by atoms with Crippen LogP contribution in [0.5, 0.6) is 0 Å². The zero-order valence-corrected chi connectivity index (χ0v) is 11.2. The van der Waals surface area contributed by atoms with Crippen LogP contribution in [0.4, 0.5) is 0 Å². The monoisotopic (exact) mass is 274 g/mol. The number of morpholine rings is 1. The molecule has 3 rings (SSSR count). The summed E-state index contributed by atoms with van der Waals surface area (Å²) in [6, 6.07) is 9.75. The van der Waals surface area contributed by atoms with Gasteiger partial charge in [-0.25, -0.2) is 4.79 Å². The fourth-order valence-corrected chi connectivity index (χ4v) is 2.57. The van der Waals surface area contributed by atoms with Crippen molar-refractivity contribution < 1.29 is 14.3 Å². The van der Waals surface area contributed by atoms with Crippen molar-refractivity contribution in [3.05, 3.63) is 47.3 Å². The van der Waals surface area contributed by atoms with E-state index in [0.29, 0.717) is 31.0 Å². The zero-order chi connectivity index (χ0) is 13.9. The van der Waals surface area contributed by atoms with Crippen molar-refractivity contribution in [2.75, 3.05) is 26.3 Å². The highest BCUT2D eigenvalue weighted by Crippen LogP contribution is 2.34. The molecule has 1 aromatic carbocycles. The maximum atomic E-state index is 12.0. The standard InChI is InChI=1S/C15H18N2O3/c16-14(17-6-8-19-9-7-17)12-10-13(20-15(12)18)11-4-2-1-3-5-11/h1-5,13H,6-10,16H2. The summed E-state index contributed by atoms with van der Waals surface area (Å²) in [5.74, 6) is 0.236. The lowest BCUT2D eigenvalue weighted by molar-refractivity contribution is -0.139. The predicted molar refractivity (Wildman–Crippen MR) is 73.5 cm³/mol. The third-order valence-corrected chi connectivity index (χ3v) is 3.72. The Morgan fingerprint density at radius 3 is 2.60 bits per heavy atom. The first-order valence-corrected chi connectivity index (χ1v) is 6.83. The van der Waals surface area contributed by atoms with Gasteiger partial charge in [0.1, 0.15) is 11.9 Å². The van der Waals surface area contributed by atoms with Crippen molar-refractivity contribution in [3.8, 4) is 0 Å². The molecule has 0 spiro atoms. The number of carbonyl (C=O) groups is 1. The van der Waals surface area contributed by atoms with Crippen molar-refractivity contribution in [3.63, 3.8) is 0 Å². The lowest BCUT2D eigenvalue weighted by Crippen LogP contribution is -2.39. The van der Waals surface area contributed by atoms with Crippen LogP contribution in [0.25, 0.3) is 0 Å². The van der Waals surface area contributed by atoms with Gasteiger partial charge < -0.3 is 20.1 Å². The van der Waals surface area contributed by atoms with Crippen molar-refractivity contribution >= 4 is 5.97 Å². The average molecular weight is 274 g/mol. The smallest absolute Gasteiger partial charge is 0.338 e. The molecule has 5 heteroatoms. The molecule has 0 bridgehead atoms. The molecular weight excluding hydrogens is 256 g/mol. The van der Waals surface area contributed by atoms with Crippen LogP contribution in [0.3, 0.4) is 0 Å². The van der Waals surface area contributed by atoms with E-state index >= 15 is 0 Å². The van der Waals surface area contributed by atoms with Crippen molar-refractivity contribution in [1.82, 2.24) is 4.90 Å². The molecule has 2 saturated heterocycles. The number of rotatable bonds is 2. The van der Waals surface area contributed by atoms with E-state index in [0.717, 1.165) is 18.7 Å². The van der Waals surface area contributed by atoms with E-state index in [4.69, 9.17) is 15.2 Å². The van der Waals surface area contributed by atoms with Gasteiger partial charge in [-0.05, 0) is 5.56 Å². The summed E-state index contributed by atoms with van der Waals surface area (Å²) in [4.78, 5) is 14.0. The summed E-state index contributed by atoms with van der Waals surface area (Å²) in [7, 11) is 0. The van der Waals surface area contributed by atoms with Crippen LogP contribution in [0.2, 0.25) is 0 Å². The number of nitrogens with zero attached hydrogens (tertiary/aromatic N) is 1. The molecule has 1 atom stereocenters. The molecule has 2 heterocycles. The normalized spacial score (nSPS) is 25.5. The second kappa shape index (κ2) is 5.54. The molecule has 2 N–H and O–H groups in total. The first kappa shape index (κ1) is 13.0. The Hall–Kier alpha value is -2.01. The topological polar surface area (TPSA) is 64.8 Å². The molecule has 0 amide bonds. The number of hydrogen-bond acceptors (Lipinski definition) is 5. The van der Waals surface area contributed by atoms with Crippen LogP contribution in [-0.2, 0) is 14.3 Å². The Bertz CT molecular complexity index is 521. The van der Waals surface area contributed by atoms with Gasteiger partial charge in [-0.1, -0.05) is 30.3 Å². The maximum absolute atomic E-state index is 12.0. The largest absolute Gasteiger partial charge is 0.454 e. The van der Waals surface area contributed by atoms with Gasteiger partial charge in [-0.15, -0.1) is 0 Å². The number of ether oxygens (including phenoxy) is 2. The van der Waals surface area contributed by atoms with E-state index < -0.39 is 0 Å². The Kier molecular flexibility index (Phi) is 3.60. The van der Waals surface area contributed by atoms with Crippen LogP contribution < -0.4 is 5.73 Å². The van der Waals surface area contributed by atoms with Gasteiger partial charge >= 0.3 is 5.97 Å². The predicted octanol–water partition coefficient (Wildman–Crippen LogP) is 1.18. The minimum absolute atomic E-state index is 0.224. The van der Waals surface area contributed by atoms with Crippen molar-refractivity contribution in [2.45, 2.75) is 12.5 Å². The van der Waals surface area contributed by atoms with E-state index in [9.17, 15) is 4.79 Å². The second-order valence-electron chi connectivity index (χ2n) is 4.97. The van der Waals surface area contributed by atoms with Crippen LogP contribution in [-0.4, -0.2) is 37.2 Å². The lowest BCUT2D eigenvalue weighted by Gasteiger charge is -2.29. The number of hydrogen-bond donors (Lipinski definition) is 1. The van der Waals surface area contributed by atoms with Crippen molar-refractivity contribution in [2.24, 2.45) is 5.73 Å². The molecule has 0 aliphatic carbocycles. The molecule has 0 saturated carbocycles. The van der Waals surface area contributed by atoms with E-state index in [-0.39, 0.29) is 12.1 Å². The van der Waals surface area contributed by atoms with Crippen LogP contribution in [0.1, 0.15) is 18.1 Å². The van der Waals surface area contributed by atoms with Gasteiger partial charge in [-0.2, -0.15) is 0 Å². The third kappa shape index (κ3) is 2.49. The number of benzene rings is 1. The Morgan fingerprint density at radius 1 is 1.20 bits per heavy atom. The number of carbonyl (C=O) groups excluding carboxylic acids is 1.